The van der Waals surface area contributed by atoms with E-state index in [0.29, 0.717) is 6.54 Å². The second-order valence-corrected chi connectivity index (χ2v) is 7.78. The molecular formula is C20H25BrN2O2. The normalized spacial score (nSPS) is 12.5. The van der Waals surface area contributed by atoms with Crippen LogP contribution in [0.2, 0.25) is 0 Å². The highest BCUT2D eigenvalue weighted by Crippen LogP contribution is 2.15. The summed E-state index contributed by atoms with van der Waals surface area (Å²) in [4.78, 5) is 12.1. The molecule has 2 N–H and O–H groups in total. The minimum atomic E-state index is -0.518. The molecule has 2 aromatic carbocycles. The SMILES string of the molecule is CC(C)(C)OC(=O)NC(CNCc1ccc(Br)cc1)c1ccccc1. The zero-order valence-corrected chi connectivity index (χ0v) is 16.5. The van der Waals surface area contributed by atoms with Crippen molar-refractivity contribution in [3.8, 4) is 0 Å². The zero-order valence-electron chi connectivity index (χ0n) is 14.9. The molecule has 4 nitrogen and oxygen atoms in total. The third-order valence-electron chi connectivity index (χ3n) is 3.48. The molecule has 1 atom stereocenters. The maximum absolute atomic E-state index is 12.1. The first-order valence-electron chi connectivity index (χ1n) is 8.33. The summed E-state index contributed by atoms with van der Waals surface area (Å²) in [7, 11) is 0. The van der Waals surface area contributed by atoms with Gasteiger partial charge in [-0.25, -0.2) is 4.79 Å². The molecule has 134 valence electrons. The lowest BCUT2D eigenvalue weighted by Crippen LogP contribution is -2.39. The number of hydrogen-bond donors (Lipinski definition) is 2. The van der Waals surface area contributed by atoms with Crippen molar-refractivity contribution in [2.75, 3.05) is 6.54 Å². The van der Waals surface area contributed by atoms with E-state index in [1.165, 1.54) is 5.56 Å². The molecule has 1 amide bonds. The van der Waals surface area contributed by atoms with Crippen molar-refractivity contribution in [2.45, 2.75) is 39.0 Å². The molecule has 0 aliphatic rings. The Hall–Kier alpha value is -1.85. The molecule has 0 fully saturated rings. The van der Waals surface area contributed by atoms with Crippen LogP contribution in [0, 0.1) is 0 Å². The third-order valence-corrected chi connectivity index (χ3v) is 4.01. The molecule has 2 rings (SSSR count). The highest BCUT2D eigenvalue weighted by atomic mass is 79.9. The van der Waals surface area contributed by atoms with E-state index in [9.17, 15) is 4.79 Å². The number of carbonyl (C=O) groups is 1. The Morgan fingerprint density at radius 1 is 1.08 bits per heavy atom. The van der Waals surface area contributed by atoms with Crippen LogP contribution in [0.4, 0.5) is 4.79 Å². The number of nitrogens with one attached hydrogen (secondary N) is 2. The number of hydrogen-bond acceptors (Lipinski definition) is 3. The molecule has 25 heavy (non-hydrogen) atoms. The summed E-state index contributed by atoms with van der Waals surface area (Å²) in [6, 6.07) is 17.9. The van der Waals surface area contributed by atoms with Gasteiger partial charge >= 0.3 is 6.09 Å². The Morgan fingerprint density at radius 3 is 2.32 bits per heavy atom. The van der Waals surface area contributed by atoms with Crippen molar-refractivity contribution in [1.82, 2.24) is 10.6 Å². The fraction of sp³-hybridized carbons (Fsp3) is 0.350. The van der Waals surface area contributed by atoms with Gasteiger partial charge in [-0.1, -0.05) is 58.4 Å². The quantitative estimate of drug-likeness (QED) is 0.726. The Kier molecular flexibility index (Phi) is 7.02. The van der Waals surface area contributed by atoms with Gasteiger partial charge in [0.25, 0.3) is 0 Å². The number of halogens is 1. The average molecular weight is 405 g/mol. The fourth-order valence-corrected chi connectivity index (χ4v) is 2.61. The lowest BCUT2D eigenvalue weighted by Gasteiger charge is -2.24. The summed E-state index contributed by atoms with van der Waals surface area (Å²) >= 11 is 3.44. The Labute approximate surface area is 158 Å². The molecule has 0 aromatic heterocycles. The van der Waals surface area contributed by atoms with Gasteiger partial charge in [0.05, 0.1) is 6.04 Å². The zero-order chi connectivity index (χ0) is 18.3. The summed E-state index contributed by atoms with van der Waals surface area (Å²) < 4.78 is 6.44. The van der Waals surface area contributed by atoms with E-state index in [4.69, 9.17) is 4.74 Å². The highest BCUT2D eigenvalue weighted by molar-refractivity contribution is 9.10. The number of ether oxygens (including phenoxy) is 1. The van der Waals surface area contributed by atoms with E-state index in [0.717, 1.165) is 16.6 Å². The van der Waals surface area contributed by atoms with Gasteiger partial charge in [0, 0.05) is 17.6 Å². The molecule has 0 aliphatic carbocycles. The van der Waals surface area contributed by atoms with Crippen molar-refractivity contribution in [1.29, 1.82) is 0 Å². The van der Waals surface area contributed by atoms with Gasteiger partial charge in [-0.05, 0) is 44.0 Å². The number of rotatable bonds is 6. The van der Waals surface area contributed by atoms with Gasteiger partial charge in [-0.2, -0.15) is 0 Å². The van der Waals surface area contributed by atoms with Crippen LogP contribution in [-0.4, -0.2) is 18.2 Å². The van der Waals surface area contributed by atoms with Gasteiger partial charge in [-0.3, -0.25) is 0 Å². The molecule has 0 heterocycles. The second-order valence-electron chi connectivity index (χ2n) is 6.87. The minimum absolute atomic E-state index is 0.161. The molecule has 0 saturated carbocycles. The molecule has 0 radical (unpaired) electrons. The van der Waals surface area contributed by atoms with E-state index < -0.39 is 11.7 Å². The number of amides is 1. The molecule has 0 bridgehead atoms. The van der Waals surface area contributed by atoms with E-state index in [2.05, 4.69) is 38.7 Å². The standard InChI is InChI=1S/C20H25BrN2O2/c1-20(2,3)25-19(24)23-18(16-7-5-4-6-8-16)14-22-13-15-9-11-17(21)12-10-15/h4-12,18,22H,13-14H2,1-3H3,(H,23,24). The Bertz CT molecular complexity index is 666. The topological polar surface area (TPSA) is 50.4 Å². The van der Waals surface area contributed by atoms with Crippen LogP contribution in [0.25, 0.3) is 0 Å². The lowest BCUT2D eigenvalue weighted by atomic mass is 10.1. The first kappa shape index (κ1) is 19.5. The molecule has 1 unspecified atom stereocenters. The number of carbonyl (C=O) groups excluding carboxylic acids is 1. The van der Waals surface area contributed by atoms with Gasteiger partial charge in [0.2, 0.25) is 0 Å². The molecule has 2 aromatic rings. The van der Waals surface area contributed by atoms with Crippen LogP contribution < -0.4 is 10.6 Å². The van der Waals surface area contributed by atoms with Crippen LogP contribution in [0.1, 0.15) is 37.9 Å². The fourth-order valence-electron chi connectivity index (χ4n) is 2.35. The van der Waals surface area contributed by atoms with Crippen molar-refractivity contribution < 1.29 is 9.53 Å². The summed E-state index contributed by atoms with van der Waals surface area (Å²) in [5, 5.41) is 6.36. The number of alkyl carbamates (subject to hydrolysis) is 1. The van der Waals surface area contributed by atoms with Crippen molar-refractivity contribution in [3.63, 3.8) is 0 Å². The predicted octanol–water partition coefficient (Wildman–Crippen LogP) is 4.80. The maximum Gasteiger partial charge on any atom is 0.408 e. The van der Waals surface area contributed by atoms with Crippen molar-refractivity contribution >= 4 is 22.0 Å². The smallest absolute Gasteiger partial charge is 0.408 e. The lowest BCUT2D eigenvalue weighted by molar-refractivity contribution is 0.0503. The first-order valence-corrected chi connectivity index (χ1v) is 9.12. The van der Waals surface area contributed by atoms with Crippen molar-refractivity contribution in [3.05, 3.63) is 70.2 Å². The van der Waals surface area contributed by atoms with Gasteiger partial charge < -0.3 is 15.4 Å². The van der Waals surface area contributed by atoms with Crippen LogP contribution in [0.15, 0.2) is 59.1 Å². The second kappa shape index (κ2) is 9.02. The molecule has 0 saturated heterocycles. The van der Waals surface area contributed by atoms with E-state index >= 15 is 0 Å². The largest absolute Gasteiger partial charge is 0.444 e. The summed E-state index contributed by atoms with van der Waals surface area (Å²) in [6.45, 7) is 6.91. The van der Waals surface area contributed by atoms with Crippen LogP contribution in [0.3, 0.4) is 0 Å². The first-order chi connectivity index (χ1) is 11.8. The monoisotopic (exact) mass is 404 g/mol. The third kappa shape index (κ3) is 7.28. The molecule has 5 heteroatoms. The van der Waals surface area contributed by atoms with Gasteiger partial charge in [-0.15, -0.1) is 0 Å². The number of benzene rings is 2. The van der Waals surface area contributed by atoms with Gasteiger partial charge in [0.1, 0.15) is 5.60 Å². The highest BCUT2D eigenvalue weighted by Gasteiger charge is 2.20. The summed E-state index contributed by atoms with van der Waals surface area (Å²) in [5.74, 6) is 0. The summed E-state index contributed by atoms with van der Waals surface area (Å²) in [6.07, 6.45) is -0.410. The minimum Gasteiger partial charge on any atom is -0.444 e. The van der Waals surface area contributed by atoms with E-state index in [1.54, 1.807) is 0 Å². The van der Waals surface area contributed by atoms with Crippen LogP contribution in [-0.2, 0) is 11.3 Å². The maximum atomic E-state index is 12.1. The van der Waals surface area contributed by atoms with Crippen LogP contribution >= 0.6 is 15.9 Å². The van der Waals surface area contributed by atoms with E-state index in [1.807, 2.05) is 63.2 Å². The summed E-state index contributed by atoms with van der Waals surface area (Å²) in [5.41, 5.74) is 1.71. The van der Waals surface area contributed by atoms with Gasteiger partial charge in [0.15, 0.2) is 0 Å². The van der Waals surface area contributed by atoms with Crippen molar-refractivity contribution in [2.24, 2.45) is 0 Å². The van der Waals surface area contributed by atoms with E-state index in [-0.39, 0.29) is 6.04 Å². The molecule has 0 spiro atoms. The average Bonchev–Trinajstić information content (AvgIpc) is 2.55. The molecule has 0 aliphatic heterocycles. The molecular weight excluding hydrogens is 380 g/mol. The Balaban J connectivity index is 1.97. The Morgan fingerprint density at radius 2 is 1.72 bits per heavy atom. The predicted molar refractivity (Wildman–Crippen MR) is 104 cm³/mol. The van der Waals surface area contributed by atoms with Crippen LogP contribution in [0.5, 0.6) is 0 Å².